The fraction of sp³-hybridized carbons (Fsp3) is 0.438. The summed E-state index contributed by atoms with van der Waals surface area (Å²) in [6.07, 6.45) is 0.753. The summed E-state index contributed by atoms with van der Waals surface area (Å²) in [6.45, 7) is 4.43. The van der Waals surface area contributed by atoms with Crippen LogP contribution in [0.25, 0.3) is 0 Å². The van der Waals surface area contributed by atoms with Gasteiger partial charge >= 0.3 is 0 Å². The van der Waals surface area contributed by atoms with Gasteiger partial charge in [-0.15, -0.1) is 0 Å². The first-order chi connectivity index (χ1) is 11.0. The predicted octanol–water partition coefficient (Wildman–Crippen LogP) is 1.55. The largest absolute Gasteiger partial charge is 0.355 e. The summed E-state index contributed by atoms with van der Waals surface area (Å²) < 4.78 is 0.763. The molecule has 0 unspecified atom stereocenters. The molecule has 1 aliphatic heterocycles. The zero-order chi connectivity index (χ0) is 16.8. The topological polar surface area (TPSA) is 78.5 Å². The Labute approximate surface area is 143 Å². The second-order valence-electron chi connectivity index (χ2n) is 5.26. The van der Waals surface area contributed by atoms with E-state index in [1.165, 1.54) is 4.90 Å². The second kappa shape index (κ2) is 8.21. The molecule has 1 heterocycles. The summed E-state index contributed by atoms with van der Waals surface area (Å²) in [4.78, 5) is 37.4. The van der Waals surface area contributed by atoms with Crippen molar-refractivity contribution >= 4 is 33.7 Å². The number of hydrogen-bond donors (Lipinski definition) is 2. The van der Waals surface area contributed by atoms with E-state index in [0.717, 1.165) is 17.6 Å². The van der Waals surface area contributed by atoms with Gasteiger partial charge in [0.15, 0.2) is 0 Å². The van der Waals surface area contributed by atoms with E-state index in [0.29, 0.717) is 30.5 Å². The van der Waals surface area contributed by atoms with Crippen LogP contribution in [0.4, 0.5) is 0 Å². The van der Waals surface area contributed by atoms with Gasteiger partial charge in [-0.2, -0.15) is 0 Å². The molecule has 0 atom stereocenters. The molecule has 1 aromatic rings. The summed E-state index contributed by atoms with van der Waals surface area (Å²) in [5, 5.41) is 5.91. The van der Waals surface area contributed by atoms with Gasteiger partial charge in [0.2, 0.25) is 5.91 Å². The number of hydrogen-bond acceptors (Lipinski definition) is 4. The van der Waals surface area contributed by atoms with Crippen LogP contribution in [-0.2, 0) is 4.79 Å². The number of rotatable bonds is 8. The lowest BCUT2D eigenvalue weighted by Crippen LogP contribution is -2.33. The van der Waals surface area contributed by atoms with Crippen LogP contribution in [0.3, 0.4) is 0 Å². The van der Waals surface area contributed by atoms with Crippen LogP contribution < -0.4 is 10.6 Å². The number of nitrogens with one attached hydrogen (secondary N) is 2. The molecule has 0 saturated carbocycles. The Balaban J connectivity index is 1.80. The van der Waals surface area contributed by atoms with Crippen LogP contribution in [0.15, 0.2) is 22.7 Å². The molecule has 2 N–H and O–H groups in total. The van der Waals surface area contributed by atoms with Gasteiger partial charge in [0.25, 0.3) is 11.8 Å². The van der Waals surface area contributed by atoms with E-state index in [4.69, 9.17) is 0 Å². The molecule has 7 heteroatoms. The van der Waals surface area contributed by atoms with Crippen molar-refractivity contribution in [1.29, 1.82) is 0 Å². The smallest absolute Gasteiger partial charge is 0.261 e. The third-order valence-electron chi connectivity index (χ3n) is 3.59. The number of nitrogens with zero attached hydrogens (tertiary/aromatic N) is 1. The number of fused-ring (bicyclic) bond motifs is 1. The van der Waals surface area contributed by atoms with Gasteiger partial charge in [0, 0.05) is 30.5 Å². The molecule has 124 valence electrons. The molecule has 0 aromatic heterocycles. The molecule has 0 bridgehead atoms. The lowest BCUT2D eigenvalue weighted by molar-refractivity contribution is -0.121. The standard InChI is InChI=1S/C16H20BrN3O3/c1-2-18-7-8-19-14(21)4-3-9-20-15(22)12-6-5-11(17)10-13(12)16(20)23/h5-6,10,18H,2-4,7-9H2,1H3,(H,19,21). The number of halogens is 1. The maximum Gasteiger partial charge on any atom is 0.261 e. The first-order valence-corrected chi connectivity index (χ1v) is 8.47. The summed E-state index contributed by atoms with van der Waals surface area (Å²) in [7, 11) is 0. The molecular weight excluding hydrogens is 362 g/mol. The highest BCUT2D eigenvalue weighted by atomic mass is 79.9. The average molecular weight is 382 g/mol. The number of likely N-dealkylation sites (N-methyl/N-ethyl adjacent to an activating group) is 1. The van der Waals surface area contributed by atoms with Crippen LogP contribution in [0.1, 0.15) is 40.5 Å². The summed E-state index contributed by atoms with van der Waals surface area (Å²) in [5.41, 5.74) is 0.841. The van der Waals surface area contributed by atoms with Gasteiger partial charge in [0.05, 0.1) is 11.1 Å². The first kappa shape index (κ1) is 17.6. The highest BCUT2D eigenvalue weighted by molar-refractivity contribution is 9.10. The van der Waals surface area contributed by atoms with Crippen molar-refractivity contribution < 1.29 is 14.4 Å². The van der Waals surface area contributed by atoms with Gasteiger partial charge < -0.3 is 10.6 Å². The molecule has 0 fully saturated rings. The van der Waals surface area contributed by atoms with Crippen molar-refractivity contribution in [2.75, 3.05) is 26.2 Å². The van der Waals surface area contributed by atoms with E-state index in [-0.39, 0.29) is 24.3 Å². The van der Waals surface area contributed by atoms with Crippen LogP contribution in [0, 0.1) is 0 Å². The lowest BCUT2D eigenvalue weighted by atomic mass is 10.1. The van der Waals surface area contributed by atoms with E-state index in [1.807, 2.05) is 6.92 Å². The number of carbonyl (C=O) groups excluding carboxylic acids is 3. The molecule has 0 aliphatic carbocycles. The molecule has 0 spiro atoms. The Kier molecular flexibility index (Phi) is 6.29. The minimum atomic E-state index is -0.293. The van der Waals surface area contributed by atoms with Gasteiger partial charge in [-0.05, 0) is 31.2 Å². The number of carbonyl (C=O) groups is 3. The minimum absolute atomic E-state index is 0.0674. The van der Waals surface area contributed by atoms with Crippen molar-refractivity contribution in [3.05, 3.63) is 33.8 Å². The normalized spacial score (nSPS) is 13.4. The highest BCUT2D eigenvalue weighted by Gasteiger charge is 2.35. The molecule has 1 aliphatic rings. The second-order valence-corrected chi connectivity index (χ2v) is 6.17. The van der Waals surface area contributed by atoms with E-state index in [1.54, 1.807) is 18.2 Å². The van der Waals surface area contributed by atoms with Crippen molar-refractivity contribution in [2.45, 2.75) is 19.8 Å². The van der Waals surface area contributed by atoms with Crippen molar-refractivity contribution in [1.82, 2.24) is 15.5 Å². The van der Waals surface area contributed by atoms with Gasteiger partial charge in [0.1, 0.15) is 0 Å². The van der Waals surface area contributed by atoms with E-state index < -0.39 is 0 Å². The van der Waals surface area contributed by atoms with Crippen LogP contribution in [-0.4, -0.2) is 48.8 Å². The highest BCUT2D eigenvalue weighted by Crippen LogP contribution is 2.26. The van der Waals surface area contributed by atoms with Gasteiger partial charge in [-0.3, -0.25) is 19.3 Å². The number of benzene rings is 1. The van der Waals surface area contributed by atoms with E-state index in [2.05, 4.69) is 26.6 Å². The maximum absolute atomic E-state index is 12.3. The Morgan fingerprint density at radius 1 is 1.17 bits per heavy atom. The zero-order valence-electron chi connectivity index (χ0n) is 13.0. The Hall–Kier alpha value is -1.73. The summed E-state index contributed by atoms with van der Waals surface area (Å²) >= 11 is 3.30. The fourth-order valence-corrected chi connectivity index (χ4v) is 2.78. The van der Waals surface area contributed by atoms with Gasteiger partial charge in [-0.1, -0.05) is 22.9 Å². The summed E-state index contributed by atoms with van der Waals surface area (Å²) in [5.74, 6) is -0.647. The van der Waals surface area contributed by atoms with Crippen LogP contribution >= 0.6 is 15.9 Å². The third-order valence-corrected chi connectivity index (χ3v) is 4.09. The Bertz CT molecular complexity index is 619. The molecule has 1 aromatic carbocycles. The van der Waals surface area contributed by atoms with Crippen molar-refractivity contribution in [2.24, 2.45) is 0 Å². The molecule has 0 radical (unpaired) electrons. The maximum atomic E-state index is 12.3. The van der Waals surface area contributed by atoms with Crippen molar-refractivity contribution in [3.63, 3.8) is 0 Å². The fourth-order valence-electron chi connectivity index (χ4n) is 2.42. The number of imide groups is 1. The summed E-state index contributed by atoms with van der Waals surface area (Å²) in [6, 6.07) is 5.04. The Morgan fingerprint density at radius 3 is 2.65 bits per heavy atom. The quantitative estimate of drug-likeness (QED) is 0.528. The van der Waals surface area contributed by atoms with Crippen LogP contribution in [0.2, 0.25) is 0 Å². The molecule has 2 rings (SSSR count). The predicted molar refractivity (Wildman–Crippen MR) is 90.3 cm³/mol. The molecule has 23 heavy (non-hydrogen) atoms. The molecular formula is C16H20BrN3O3. The monoisotopic (exact) mass is 381 g/mol. The van der Waals surface area contributed by atoms with Gasteiger partial charge in [-0.25, -0.2) is 0 Å². The zero-order valence-corrected chi connectivity index (χ0v) is 14.6. The number of amides is 3. The molecule has 6 nitrogen and oxygen atoms in total. The van der Waals surface area contributed by atoms with Crippen molar-refractivity contribution in [3.8, 4) is 0 Å². The first-order valence-electron chi connectivity index (χ1n) is 7.67. The Morgan fingerprint density at radius 2 is 1.91 bits per heavy atom. The molecule has 0 saturated heterocycles. The van der Waals surface area contributed by atoms with Crippen LogP contribution in [0.5, 0.6) is 0 Å². The van der Waals surface area contributed by atoms with E-state index >= 15 is 0 Å². The lowest BCUT2D eigenvalue weighted by Gasteiger charge is -2.13. The van der Waals surface area contributed by atoms with E-state index in [9.17, 15) is 14.4 Å². The minimum Gasteiger partial charge on any atom is -0.355 e. The SMILES string of the molecule is CCNCCNC(=O)CCCN1C(=O)c2ccc(Br)cc2C1=O. The molecule has 3 amide bonds. The average Bonchev–Trinajstić information content (AvgIpc) is 2.76. The third kappa shape index (κ3) is 4.39.